The monoisotopic (exact) mass is 403 g/mol. The molecular weight excluding hydrogens is 386 g/mol. The van der Waals surface area contributed by atoms with Gasteiger partial charge in [-0.1, -0.05) is 24.3 Å². The molecule has 0 unspecified atom stereocenters. The Morgan fingerprint density at radius 2 is 1.90 bits per heavy atom. The van der Waals surface area contributed by atoms with E-state index in [9.17, 15) is 4.79 Å². The number of nitrogens with one attached hydrogen (secondary N) is 1. The summed E-state index contributed by atoms with van der Waals surface area (Å²) in [6, 6.07) is 14.7. The number of hydrogen-bond donors (Lipinski definition) is 2. The molecule has 1 amide bonds. The third-order valence-electron chi connectivity index (χ3n) is 4.35. The van der Waals surface area contributed by atoms with E-state index < -0.39 is 5.91 Å². The van der Waals surface area contributed by atoms with Gasteiger partial charge in [0.05, 0.1) is 18.7 Å². The van der Waals surface area contributed by atoms with Crippen molar-refractivity contribution in [3.05, 3.63) is 71.4 Å². The van der Waals surface area contributed by atoms with Crippen LogP contribution >= 0.6 is 11.3 Å². The first kappa shape index (κ1) is 18.6. The van der Waals surface area contributed by atoms with E-state index in [0.717, 1.165) is 32.7 Å². The van der Waals surface area contributed by atoms with Gasteiger partial charge in [-0.2, -0.15) is 5.10 Å². The van der Waals surface area contributed by atoms with E-state index in [1.54, 1.807) is 48.9 Å². The molecule has 0 atom stereocenters. The molecule has 0 spiro atoms. The number of thiophene rings is 1. The standard InChI is InChI=1S/C21H17N5O2S/c1-28-16-8-6-14(7-9-16)17-11-29-21-18(17)20(23-12-24-21)26-25-10-13-2-4-15(5-3-13)19(22)27/h2-12H,1H3,(H2,22,27)(H,23,24,26)/b25-10-. The van der Waals surface area contributed by atoms with Crippen LogP contribution in [-0.4, -0.2) is 29.2 Å². The molecule has 2 aromatic heterocycles. The highest BCUT2D eigenvalue weighted by Gasteiger charge is 2.13. The van der Waals surface area contributed by atoms with Crippen molar-refractivity contribution in [2.75, 3.05) is 12.5 Å². The summed E-state index contributed by atoms with van der Waals surface area (Å²) >= 11 is 1.55. The van der Waals surface area contributed by atoms with Crippen molar-refractivity contribution >= 4 is 39.5 Å². The third kappa shape index (κ3) is 3.92. The number of hydrogen-bond acceptors (Lipinski definition) is 7. The van der Waals surface area contributed by atoms with E-state index in [1.807, 2.05) is 24.3 Å². The Hall–Kier alpha value is -3.78. The Labute approximate surface area is 170 Å². The molecule has 0 saturated carbocycles. The van der Waals surface area contributed by atoms with E-state index in [2.05, 4.69) is 25.9 Å². The molecule has 29 heavy (non-hydrogen) atoms. The van der Waals surface area contributed by atoms with Crippen LogP contribution in [0.2, 0.25) is 0 Å². The first-order valence-electron chi connectivity index (χ1n) is 8.71. The predicted octanol–water partition coefficient (Wildman–Crippen LogP) is 3.91. The lowest BCUT2D eigenvalue weighted by Crippen LogP contribution is -2.10. The van der Waals surface area contributed by atoms with Crippen LogP contribution in [0.25, 0.3) is 21.3 Å². The number of carbonyl (C=O) groups excluding carboxylic acids is 1. The Bertz CT molecular complexity index is 1180. The summed E-state index contributed by atoms with van der Waals surface area (Å²) in [5.41, 5.74) is 11.6. The van der Waals surface area contributed by atoms with Crippen molar-refractivity contribution in [2.45, 2.75) is 0 Å². The maximum Gasteiger partial charge on any atom is 0.248 e. The Kier molecular flexibility index (Phi) is 5.17. The van der Waals surface area contributed by atoms with Crippen LogP contribution in [0.15, 0.2) is 65.3 Å². The summed E-state index contributed by atoms with van der Waals surface area (Å²) in [6.45, 7) is 0. The van der Waals surface area contributed by atoms with Crippen LogP contribution in [-0.2, 0) is 0 Å². The van der Waals surface area contributed by atoms with Crippen molar-refractivity contribution in [3.8, 4) is 16.9 Å². The molecule has 0 aliphatic heterocycles. The van der Waals surface area contributed by atoms with Crippen LogP contribution in [0, 0.1) is 0 Å². The molecule has 8 heteroatoms. The van der Waals surface area contributed by atoms with Crippen LogP contribution in [0.4, 0.5) is 5.82 Å². The van der Waals surface area contributed by atoms with E-state index in [-0.39, 0.29) is 0 Å². The first-order chi connectivity index (χ1) is 14.2. The van der Waals surface area contributed by atoms with Gasteiger partial charge in [0.15, 0.2) is 5.82 Å². The number of fused-ring (bicyclic) bond motifs is 1. The van der Waals surface area contributed by atoms with Crippen LogP contribution in [0.1, 0.15) is 15.9 Å². The zero-order valence-electron chi connectivity index (χ0n) is 15.5. The smallest absolute Gasteiger partial charge is 0.248 e. The van der Waals surface area contributed by atoms with Crippen molar-refractivity contribution in [1.82, 2.24) is 9.97 Å². The largest absolute Gasteiger partial charge is 0.497 e. The average molecular weight is 403 g/mol. The van der Waals surface area contributed by atoms with Gasteiger partial charge < -0.3 is 10.5 Å². The van der Waals surface area contributed by atoms with E-state index >= 15 is 0 Å². The van der Waals surface area contributed by atoms with Gasteiger partial charge in [-0.05, 0) is 35.4 Å². The van der Waals surface area contributed by atoms with Gasteiger partial charge in [-0.3, -0.25) is 10.2 Å². The number of aromatic nitrogens is 2. The van der Waals surface area contributed by atoms with Crippen LogP contribution in [0.3, 0.4) is 0 Å². The lowest BCUT2D eigenvalue weighted by molar-refractivity contribution is 0.100. The second kappa shape index (κ2) is 8.07. The highest BCUT2D eigenvalue weighted by molar-refractivity contribution is 7.17. The molecule has 2 aromatic carbocycles. The molecule has 0 saturated heterocycles. The summed E-state index contributed by atoms with van der Waals surface area (Å²) in [5, 5.41) is 7.24. The zero-order valence-corrected chi connectivity index (χ0v) is 16.3. The lowest BCUT2D eigenvalue weighted by atomic mass is 10.1. The molecule has 144 valence electrons. The third-order valence-corrected chi connectivity index (χ3v) is 5.24. The fourth-order valence-electron chi connectivity index (χ4n) is 2.84. The Morgan fingerprint density at radius 1 is 1.14 bits per heavy atom. The SMILES string of the molecule is COc1ccc(-c2csc3ncnc(N/N=C\c4ccc(C(N)=O)cc4)c23)cc1. The molecule has 0 aliphatic rings. The van der Waals surface area contributed by atoms with Crippen molar-refractivity contribution < 1.29 is 9.53 Å². The normalized spacial score (nSPS) is 11.1. The molecule has 0 bridgehead atoms. The van der Waals surface area contributed by atoms with Gasteiger partial charge in [0, 0.05) is 16.5 Å². The number of nitrogens with two attached hydrogens (primary N) is 1. The van der Waals surface area contributed by atoms with Gasteiger partial charge in [-0.15, -0.1) is 11.3 Å². The van der Waals surface area contributed by atoms with E-state index in [4.69, 9.17) is 10.5 Å². The molecule has 2 heterocycles. The molecule has 4 aromatic rings. The molecule has 3 N–H and O–H groups in total. The van der Waals surface area contributed by atoms with Gasteiger partial charge in [0.2, 0.25) is 5.91 Å². The number of hydrazone groups is 1. The average Bonchev–Trinajstić information content (AvgIpc) is 3.19. The number of carbonyl (C=O) groups is 1. The number of benzene rings is 2. The Balaban J connectivity index is 1.62. The minimum Gasteiger partial charge on any atom is -0.497 e. The fraction of sp³-hybridized carbons (Fsp3) is 0.0476. The Morgan fingerprint density at radius 3 is 2.59 bits per heavy atom. The number of methoxy groups -OCH3 is 1. The summed E-state index contributed by atoms with van der Waals surface area (Å²) < 4.78 is 5.23. The van der Waals surface area contributed by atoms with Gasteiger partial charge in [-0.25, -0.2) is 9.97 Å². The minimum atomic E-state index is -0.460. The predicted molar refractivity (Wildman–Crippen MR) is 116 cm³/mol. The number of amides is 1. The maximum absolute atomic E-state index is 11.2. The van der Waals surface area contributed by atoms with Gasteiger partial charge in [0.25, 0.3) is 0 Å². The van der Waals surface area contributed by atoms with E-state index in [0.29, 0.717) is 11.4 Å². The highest BCUT2D eigenvalue weighted by atomic mass is 32.1. The van der Waals surface area contributed by atoms with Crippen LogP contribution < -0.4 is 15.9 Å². The summed E-state index contributed by atoms with van der Waals surface area (Å²) in [7, 11) is 1.64. The fourth-order valence-corrected chi connectivity index (χ4v) is 3.76. The quantitative estimate of drug-likeness (QED) is 0.375. The molecule has 0 aliphatic carbocycles. The first-order valence-corrected chi connectivity index (χ1v) is 9.59. The summed E-state index contributed by atoms with van der Waals surface area (Å²) in [5.74, 6) is 0.959. The molecule has 0 fully saturated rings. The number of ether oxygens (including phenoxy) is 1. The van der Waals surface area contributed by atoms with Gasteiger partial charge in [0.1, 0.15) is 16.9 Å². The number of anilines is 1. The topological polar surface area (TPSA) is 102 Å². The molecular formula is C21H17N5O2S. The number of rotatable bonds is 6. The van der Waals surface area contributed by atoms with E-state index in [1.165, 1.54) is 6.33 Å². The zero-order chi connectivity index (χ0) is 20.2. The van der Waals surface area contributed by atoms with Crippen molar-refractivity contribution in [3.63, 3.8) is 0 Å². The second-order valence-corrected chi connectivity index (χ2v) is 6.99. The van der Waals surface area contributed by atoms with Crippen molar-refractivity contribution in [2.24, 2.45) is 10.8 Å². The van der Waals surface area contributed by atoms with Crippen LogP contribution in [0.5, 0.6) is 5.75 Å². The van der Waals surface area contributed by atoms with Crippen molar-refractivity contribution in [1.29, 1.82) is 0 Å². The molecule has 7 nitrogen and oxygen atoms in total. The highest BCUT2D eigenvalue weighted by Crippen LogP contribution is 2.36. The molecule has 0 radical (unpaired) electrons. The number of nitrogens with zero attached hydrogens (tertiary/aromatic N) is 3. The second-order valence-electron chi connectivity index (χ2n) is 6.14. The lowest BCUT2D eigenvalue weighted by Gasteiger charge is -2.06. The summed E-state index contributed by atoms with van der Waals surface area (Å²) in [4.78, 5) is 20.7. The minimum absolute atomic E-state index is 0.454. The maximum atomic E-state index is 11.2. The van der Waals surface area contributed by atoms with Gasteiger partial charge >= 0.3 is 0 Å². The number of primary amides is 1. The molecule has 4 rings (SSSR count). The summed E-state index contributed by atoms with van der Waals surface area (Å²) in [6.07, 6.45) is 3.16.